The lowest BCUT2D eigenvalue weighted by atomic mass is 10.0. The van der Waals surface area contributed by atoms with Gasteiger partial charge in [0.25, 0.3) is 0 Å². The summed E-state index contributed by atoms with van der Waals surface area (Å²) in [6.07, 6.45) is -0.0423. The third kappa shape index (κ3) is 6.33. The molecule has 1 aliphatic heterocycles. The van der Waals surface area contributed by atoms with Gasteiger partial charge in [-0.25, -0.2) is 14.4 Å². The lowest BCUT2D eigenvalue weighted by Crippen LogP contribution is -2.39. The number of aromatic amines is 1. The molecular weight excluding hydrogens is 560 g/mol. The first-order valence-electron chi connectivity index (χ1n) is 12.4. The minimum atomic E-state index is -0.744. The van der Waals surface area contributed by atoms with Crippen molar-refractivity contribution in [2.75, 3.05) is 26.1 Å². The Morgan fingerprint density at radius 2 is 1.90 bits per heavy atom. The molecule has 0 saturated heterocycles. The summed E-state index contributed by atoms with van der Waals surface area (Å²) in [5.74, 6) is -0.367. The van der Waals surface area contributed by atoms with Crippen LogP contribution in [0.25, 0.3) is 5.69 Å². The Morgan fingerprint density at radius 1 is 1.20 bits per heavy atom. The number of hydrogen-bond acceptors (Lipinski definition) is 10. The molecule has 2 amide bonds. The van der Waals surface area contributed by atoms with Crippen LogP contribution in [0.2, 0.25) is 0 Å². The van der Waals surface area contributed by atoms with Crippen LogP contribution in [0.1, 0.15) is 48.5 Å². The van der Waals surface area contributed by atoms with Crippen LogP contribution < -0.4 is 20.4 Å². The van der Waals surface area contributed by atoms with Gasteiger partial charge in [0, 0.05) is 23.6 Å². The van der Waals surface area contributed by atoms with Crippen LogP contribution >= 0.6 is 23.1 Å². The Labute approximate surface area is 238 Å². The van der Waals surface area contributed by atoms with E-state index in [2.05, 4.69) is 10.6 Å². The highest BCUT2D eigenvalue weighted by molar-refractivity contribution is 8.00. The number of hydrogen-bond donors (Lipinski definition) is 2. The second kappa shape index (κ2) is 11.8. The number of rotatable bonds is 7. The van der Waals surface area contributed by atoms with Crippen LogP contribution in [-0.4, -0.2) is 59.8 Å². The van der Waals surface area contributed by atoms with Crippen molar-refractivity contribution < 1.29 is 37.8 Å². The average Bonchev–Trinajstić information content (AvgIpc) is 3.46. The topological polar surface area (TPSA) is 144 Å². The predicted molar refractivity (Wildman–Crippen MR) is 147 cm³/mol. The molecule has 14 heteroatoms. The molecule has 40 heavy (non-hydrogen) atoms. The number of H-pyrrole nitrogens is 1. The zero-order valence-corrected chi connectivity index (χ0v) is 24.6. The standard InChI is InChI=1S/C26H30N4O8S2/c1-14(39-22-24(33)38-28-30(22)15-7-9-16(35-5)10-8-15)20(31)27-21-19(23(32)36-6)17-11-12-29(13-18(17)40-21)25(34)37-26(2,3)4/h7-10,14H,11-13H2,1-6H3,(H-,27,28,31,32,33)/p+1. The van der Waals surface area contributed by atoms with E-state index >= 15 is 0 Å². The van der Waals surface area contributed by atoms with Gasteiger partial charge in [-0.2, -0.15) is 0 Å². The summed E-state index contributed by atoms with van der Waals surface area (Å²) >= 11 is 2.21. The van der Waals surface area contributed by atoms with Gasteiger partial charge in [-0.15, -0.1) is 11.3 Å². The number of carbonyl (C=O) groups excluding carboxylic acids is 3. The van der Waals surface area contributed by atoms with E-state index < -0.39 is 34.4 Å². The third-order valence-corrected chi connectivity index (χ3v) is 8.20. The second-order valence-corrected chi connectivity index (χ2v) is 12.4. The lowest BCUT2D eigenvalue weighted by Gasteiger charge is -2.30. The molecule has 1 unspecified atom stereocenters. The largest absolute Gasteiger partial charge is 0.497 e. The van der Waals surface area contributed by atoms with E-state index in [1.165, 1.54) is 23.1 Å². The summed E-state index contributed by atoms with van der Waals surface area (Å²) in [5.41, 5.74) is 0.334. The SMILES string of the molecule is COC(=O)c1c(NC(=O)C(C)Sc2c(=O)o[nH][n+]2-c2ccc(OC)cc2)sc2c1CCN(C(=O)OC(C)(C)C)C2. The number of thiophene rings is 1. The van der Waals surface area contributed by atoms with Crippen molar-refractivity contribution in [1.29, 1.82) is 0 Å². The van der Waals surface area contributed by atoms with Crippen molar-refractivity contribution in [2.45, 2.75) is 56.5 Å². The van der Waals surface area contributed by atoms with E-state index in [1.807, 2.05) is 0 Å². The van der Waals surface area contributed by atoms with Gasteiger partial charge in [-0.05, 0) is 73.5 Å². The normalized spacial score (nSPS) is 13.8. The van der Waals surface area contributed by atoms with Crippen molar-refractivity contribution >= 4 is 46.1 Å². The van der Waals surface area contributed by atoms with Gasteiger partial charge in [0.15, 0.2) is 0 Å². The summed E-state index contributed by atoms with van der Waals surface area (Å²) in [4.78, 5) is 53.4. The van der Waals surface area contributed by atoms with Gasteiger partial charge in [0.05, 0.1) is 31.6 Å². The summed E-state index contributed by atoms with van der Waals surface area (Å²) in [5, 5.41) is 5.12. The number of aromatic nitrogens is 2. The van der Waals surface area contributed by atoms with Crippen LogP contribution in [0.4, 0.5) is 9.80 Å². The van der Waals surface area contributed by atoms with Crippen LogP contribution in [0, 0.1) is 0 Å². The van der Waals surface area contributed by atoms with E-state index in [1.54, 1.807) is 64.0 Å². The lowest BCUT2D eigenvalue weighted by molar-refractivity contribution is -0.704. The van der Waals surface area contributed by atoms with Crippen LogP contribution in [0.15, 0.2) is 38.6 Å². The van der Waals surface area contributed by atoms with Crippen LogP contribution in [0.3, 0.4) is 0 Å². The summed E-state index contributed by atoms with van der Waals surface area (Å²) < 4.78 is 22.1. The van der Waals surface area contributed by atoms with E-state index in [9.17, 15) is 19.2 Å². The Morgan fingerprint density at radius 3 is 2.52 bits per heavy atom. The number of amides is 2. The minimum Gasteiger partial charge on any atom is -0.497 e. The van der Waals surface area contributed by atoms with Gasteiger partial charge in [-0.1, -0.05) is 0 Å². The van der Waals surface area contributed by atoms with Crippen LogP contribution in [0.5, 0.6) is 5.75 Å². The monoisotopic (exact) mass is 591 g/mol. The number of nitrogens with one attached hydrogen (secondary N) is 2. The zero-order chi connectivity index (χ0) is 29.2. The smallest absolute Gasteiger partial charge is 0.442 e. The molecule has 0 saturated carbocycles. The number of fused-ring (bicyclic) bond motifs is 1. The number of benzene rings is 1. The first-order valence-corrected chi connectivity index (χ1v) is 14.1. The number of esters is 1. The number of carbonyl (C=O) groups is 3. The maximum absolute atomic E-state index is 13.3. The van der Waals surface area contributed by atoms with Crippen molar-refractivity contribution in [3.63, 3.8) is 0 Å². The van der Waals surface area contributed by atoms with Gasteiger partial charge < -0.3 is 24.4 Å². The van der Waals surface area contributed by atoms with Crippen LogP contribution in [-0.2, 0) is 27.2 Å². The molecule has 1 aromatic carbocycles. The highest BCUT2D eigenvalue weighted by Gasteiger charge is 2.34. The fraction of sp³-hybridized carbons (Fsp3) is 0.423. The van der Waals surface area contributed by atoms with E-state index in [0.29, 0.717) is 29.4 Å². The fourth-order valence-corrected chi connectivity index (χ4v) is 6.13. The number of thioether (sulfide) groups is 1. The fourth-order valence-electron chi connectivity index (χ4n) is 3.99. The third-order valence-electron chi connectivity index (χ3n) is 5.93. The van der Waals surface area contributed by atoms with Gasteiger partial charge in [0.2, 0.25) is 11.6 Å². The maximum Gasteiger partial charge on any atom is 0.442 e. The average molecular weight is 592 g/mol. The molecule has 2 aromatic heterocycles. The molecule has 3 heterocycles. The molecule has 2 N–H and O–H groups in total. The molecule has 4 rings (SSSR count). The number of anilines is 1. The van der Waals surface area contributed by atoms with E-state index in [-0.39, 0.29) is 17.1 Å². The molecule has 0 bridgehead atoms. The maximum atomic E-state index is 13.3. The second-order valence-electron chi connectivity index (χ2n) is 9.92. The van der Waals surface area contributed by atoms with Gasteiger partial charge in [0.1, 0.15) is 16.4 Å². The Balaban J connectivity index is 1.53. The summed E-state index contributed by atoms with van der Waals surface area (Å²) in [7, 11) is 2.82. The first-order chi connectivity index (χ1) is 18.9. The van der Waals surface area contributed by atoms with E-state index in [0.717, 1.165) is 22.2 Å². The van der Waals surface area contributed by atoms with Crippen molar-refractivity contribution in [3.8, 4) is 11.4 Å². The minimum absolute atomic E-state index is 0.166. The van der Waals surface area contributed by atoms with Gasteiger partial charge in [-0.3, -0.25) is 9.32 Å². The Hall–Kier alpha value is -3.78. The molecule has 1 atom stereocenters. The van der Waals surface area contributed by atoms with Crippen molar-refractivity contribution in [2.24, 2.45) is 0 Å². The molecule has 0 aliphatic carbocycles. The first kappa shape index (κ1) is 29.2. The van der Waals surface area contributed by atoms with Gasteiger partial charge >= 0.3 is 22.7 Å². The predicted octanol–water partition coefficient (Wildman–Crippen LogP) is 3.51. The molecule has 0 radical (unpaired) electrons. The van der Waals surface area contributed by atoms with Crippen molar-refractivity contribution in [3.05, 3.63) is 50.7 Å². The molecule has 12 nitrogen and oxygen atoms in total. The summed E-state index contributed by atoms with van der Waals surface area (Å²) in [6, 6.07) is 6.93. The zero-order valence-electron chi connectivity index (χ0n) is 23.0. The highest BCUT2D eigenvalue weighted by Crippen LogP contribution is 2.38. The van der Waals surface area contributed by atoms with Crippen molar-refractivity contribution in [1.82, 2.24) is 10.2 Å². The molecule has 0 spiro atoms. The number of methoxy groups -OCH3 is 2. The Bertz CT molecular complexity index is 1470. The summed E-state index contributed by atoms with van der Waals surface area (Å²) in [6.45, 7) is 7.62. The quantitative estimate of drug-likeness (QED) is 0.240. The molecule has 214 valence electrons. The van der Waals surface area contributed by atoms with E-state index in [4.69, 9.17) is 18.7 Å². The molecule has 0 fully saturated rings. The molecule has 3 aromatic rings. The molecular formula is C26H31N4O8S2+. The highest BCUT2D eigenvalue weighted by atomic mass is 32.2. The number of ether oxygens (including phenoxy) is 3. The molecule has 1 aliphatic rings. The Kier molecular flexibility index (Phi) is 8.59. The number of nitrogens with zero attached hydrogens (tertiary/aromatic N) is 2.